The average molecular weight is 450 g/mol. The van der Waals surface area contributed by atoms with Gasteiger partial charge >= 0.3 is 6.61 Å². The molecule has 31 heavy (non-hydrogen) atoms. The normalized spacial score (nSPS) is 11.6. The zero-order valence-corrected chi connectivity index (χ0v) is 17.6. The predicted molar refractivity (Wildman–Crippen MR) is 114 cm³/mol. The standard InChI is InChI=1S/C21H22ClF2N5O2/c1-2-25-21(27-13-15-5-3-4-6-17(15)30-20(23)24)26-12-11-18-28-19(29-31-18)14-7-9-16(22)10-8-14/h3-10,20H,2,11-13H2,1H3,(H2,25,26,27). The topological polar surface area (TPSA) is 84.6 Å². The number of alkyl halides is 2. The Morgan fingerprint density at radius 2 is 1.94 bits per heavy atom. The van der Waals surface area contributed by atoms with E-state index in [1.165, 1.54) is 6.07 Å². The lowest BCUT2D eigenvalue weighted by molar-refractivity contribution is -0.0504. The Hall–Kier alpha value is -3.20. The molecule has 0 aliphatic carbocycles. The first-order chi connectivity index (χ1) is 15.0. The number of hydrogen-bond acceptors (Lipinski definition) is 5. The molecular formula is C21H22ClF2N5O2. The van der Waals surface area contributed by atoms with Gasteiger partial charge in [0.15, 0.2) is 5.96 Å². The van der Waals surface area contributed by atoms with Gasteiger partial charge in [0.1, 0.15) is 5.75 Å². The molecule has 2 aromatic carbocycles. The van der Waals surface area contributed by atoms with Crippen LogP contribution >= 0.6 is 11.6 Å². The van der Waals surface area contributed by atoms with Crippen LogP contribution in [-0.2, 0) is 13.0 Å². The smallest absolute Gasteiger partial charge is 0.387 e. The lowest BCUT2D eigenvalue weighted by atomic mass is 10.2. The Balaban J connectivity index is 1.57. The van der Waals surface area contributed by atoms with Gasteiger partial charge in [0, 0.05) is 35.7 Å². The fraction of sp³-hybridized carbons (Fsp3) is 0.286. The van der Waals surface area contributed by atoms with Crippen molar-refractivity contribution in [2.45, 2.75) is 26.5 Å². The van der Waals surface area contributed by atoms with Gasteiger partial charge in [0.05, 0.1) is 6.54 Å². The van der Waals surface area contributed by atoms with E-state index in [0.29, 0.717) is 47.8 Å². The third-order valence-electron chi connectivity index (χ3n) is 4.14. The minimum atomic E-state index is -2.89. The highest BCUT2D eigenvalue weighted by Crippen LogP contribution is 2.21. The Kier molecular flexibility index (Phi) is 8.17. The Morgan fingerprint density at radius 1 is 1.16 bits per heavy atom. The molecule has 0 aliphatic rings. The van der Waals surface area contributed by atoms with Crippen molar-refractivity contribution in [1.29, 1.82) is 0 Å². The van der Waals surface area contributed by atoms with Crippen molar-refractivity contribution in [2.24, 2.45) is 4.99 Å². The molecule has 0 bridgehead atoms. The molecule has 0 atom stereocenters. The second kappa shape index (κ2) is 11.3. The number of hydrogen-bond donors (Lipinski definition) is 2. The third-order valence-corrected chi connectivity index (χ3v) is 4.39. The number of rotatable bonds is 9. The molecule has 2 N–H and O–H groups in total. The maximum absolute atomic E-state index is 12.6. The van der Waals surface area contributed by atoms with Gasteiger partial charge in [-0.1, -0.05) is 35.0 Å². The van der Waals surface area contributed by atoms with E-state index >= 15 is 0 Å². The van der Waals surface area contributed by atoms with Gasteiger partial charge in [-0.3, -0.25) is 0 Å². The van der Waals surface area contributed by atoms with Crippen LogP contribution in [0.1, 0.15) is 18.4 Å². The largest absolute Gasteiger partial charge is 0.434 e. The minimum Gasteiger partial charge on any atom is -0.434 e. The van der Waals surface area contributed by atoms with Crippen molar-refractivity contribution >= 4 is 17.6 Å². The van der Waals surface area contributed by atoms with Crippen molar-refractivity contribution < 1.29 is 18.0 Å². The fourth-order valence-electron chi connectivity index (χ4n) is 2.71. The fourth-order valence-corrected chi connectivity index (χ4v) is 2.84. The summed E-state index contributed by atoms with van der Waals surface area (Å²) >= 11 is 5.89. The number of benzene rings is 2. The summed E-state index contributed by atoms with van der Waals surface area (Å²) in [6.07, 6.45) is 0.482. The van der Waals surface area contributed by atoms with Crippen LogP contribution < -0.4 is 15.4 Å². The van der Waals surface area contributed by atoms with Crippen molar-refractivity contribution in [3.8, 4) is 17.1 Å². The predicted octanol–water partition coefficient (Wildman–Crippen LogP) is 4.29. The van der Waals surface area contributed by atoms with Crippen LogP contribution in [0.25, 0.3) is 11.4 Å². The van der Waals surface area contributed by atoms with Crippen molar-refractivity contribution in [1.82, 2.24) is 20.8 Å². The quantitative estimate of drug-likeness (QED) is 0.374. The van der Waals surface area contributed by atoms with Crippen LogP contribution in [0.5, 0.6) is 5.75 Å². The molecule has 0 aliphatic heterocycles. The van der Waals surface area contributed by atoms with Crippen LogP contribution in [0.15, 0.2) is 58.0 Å². The number of aliphatic imine (C=N–C) groups is 1. The zero-order valence-electron chi connectivity index (χ0n) is 16.8. The van der Waals surface area contributed by atoms with Gasteiger partial charge in [0.25, 0.3) is 0 Å². The van der Waals surface area contributed by atoms with Crippen LogP contribution in [0, 0.1) is 0 Å². The molecule has 0 fully saturated rings. The van der Waals surface area contributed by atoms with E-state index in [0.717, 1.165) is 5.56 Å². The molecule has 0 spiro atoms. The van der Waals surface area contributed by atoms with E-state index in [2.05, 4.69) is 30.5 Å². The van der Waals surface area contributed by atoms with E-state index < -0.39 is 6.61 Å². The van der Waals surface area contributed by atoms with Gasteiger partial charge in [-0.15, -0.1) is 0 Å². The van der Waals surface area contributed by atoms with E-state index in [9.17, 15) is 8.78 Å². The summed E-state index contributed by atoms with van der Waals surface area (Å²) in [5.41, 5.74) is 1.37. The molecule has 0 saturated carbocycles. The summed E-state index contributed by atoms with van der Waals surface area (Å²) < 4.78 is 35.0. The first-order valence-corrected chi connectivity index (χ1v) is 10.1. The molecule has 3 rings (SSSR count). The first-order valence-electron chi connectivity index (χ1n) is 9.68. The molecule has 0 saturated heterocycles. The monoisotopic (exact) mass is 449 g/mol. The maximum Gasteiger partial charge on any atom is 0.387 e. The Labute approximate surface area is 183 Å². The zero-order chi connectivity index (χ0) is 22.1. The number of halogens is 3. The SMILES string of the molecule is CCNC(=NCc1ccccc1OC(F)F)NCCc1nc(-c2ccc(Cl)cc2)no1. The molecule has 0 amide bonds. The number of nitrogens with zero attached hydrogens (tertiary/aromatic N) is 3. The highest BCUT2D eigenvalue weighted by molar-refractivity contribution is 6.30. The van der Waals surface area contributed by atoms with Crippen LogP contribution in [0.4, 0.5) is 8.78 Å². The number of nitrogens with one attached hydrogen (secondary N) is 2. The minimum absolute atomic E-state index is 0.109. The molecular weight excluding hydrogens is 428 g/mol. The van der Waals surface area contributed by atoms with Gasteiger partial charge < -0.3 is 19.9 Å². The maximum atomic E-state index is 12.6. The van der Waals surface area contributed by atoms with Crippen LogP contribution in [-0.4, -0.2) is 35.8 Å². The van der Waals surface area contributed by atoms with Gasteiger partial charge in [-0.25, -0.2) is 4.99 Å². The van der Waals surface area contributed by atoms with E-state index in [4.69, 9.17) is 16.1 Å². The molecule has 1 aromatic heterocycles. The molecule has 10 heteroatoms. The van der Waals surface area contributed by atoms with E-state index in [1.54, 1.807) is 30.3 Å². The van der Waals surface area contributed by atoms with Gasteiger partial charge in [0.2, 0.25) is 11.7 Å². The summed E-state index contributed by atoms with van der Waals surface area (Å²) in [6, 6.07) is 13.7. The second-order valence-corrected chi connectivity index (χ2v) is 6.81. The molecule has 3 aromatic rings. The molecule has 1 heterocycles. The van der Waals surface area contributed by atoms with Crippen LogP contribution in [0.2, 0.25) is 5.02 Å². The summed E-state index contributed by atoms with van der Waals surface area (Å²) in [5.74, 6) is 1.61. The summed E-state index contributed by atoms with van der Waals surface area (Å²) in [5, 5.41) is 10.9. The third kappa shape index (κ3) is 6.92. The Morgan fingerprint density at radius 3 is 2.68 bits per heavy atom. The number of para-hydroxylation sites is 1. The van der Waals surface area contributed by atoms with Crippen molar-refractivity contribution in [3.63, 3.8) is 0 Å². The van der Waals surface area contributed by atoms with Crippen molar-refractivity contribution in [3.05, 3.63) is 65.0 Å². The number of aromatic nitrogens is 2. The highest BCUT2D eigenvalue weighted by atomic mass is 35.5. The summed E-state index contributed by atoms with van der Waals surface area (Å²) in [7, 11) is 0. The van der Waals surface area contributed by atoms with E-state index in [1.807, 2.05) is 19.1 Å². The molecule has 7 nitrogen and oxygen atoms in total. The van der Waals surface area contributed by atoms with Crippen molar-refractivity contribution in [2.75, 3.05) is 13.1 Å². The van der Waals surface area contributed by atoms with Gasteiger partial charge in [-0.2, -0.15) is 13.8 Å². The lowest BCUT2D eigenvalue weighted by Gasteiger charge is -2.12. The Bertz CT molecular complexity index is 995. The summed E-state index contributed by atoms with van der Waals surface area (Å²) in [4.78, 5) is 8.81. The highest BCUT2D eigenvalue weighted by Gasteiger charge is 2.10. The van der Waals surface area contributed by atoms with Gasteiger partial charge in [-0.05, 0) is 37.3 Å². The number of guanidine groups is 1. The second-order valence-electron chi connectivity index (χ2n) is 6.38. The lowest BCUT2D eigenvalue weighted by Crippen LogP contribution is -2.38. The molecule has 0 radical (unpaired) electrons. The van der Waals surface area contributed by atoms with E-state index in [-0.39, 0.29) is 12.3 Å². The number of ether oxygens (including phenoxy) is 1. The molecule has 0 unspecified atom stereocenters. The molecule has 164 valence electrons. The first kappa shape index (κ1) is 22.5. The van der Waals surface area contributed by atoms with Crippen LogP contribution in [0.3, 0.4) is 0 Å². The summed E-state index contributed by atoms with van der Waals surface area (Å²) in [6.45, 7) is 0.357. The average Bonchev–Trinajstić information content (AvgIpc) is 3.22.